The van der Waals surface area contributed by atoms with Crippen molar-refractivity contribution in [3.05, 3.63) is 170 Å². The minimum atomic E-state index is -4.23. The first-order chi connectivity index (χ1) is 54.4. The Hall–Kier alpha value is -8.81. The van der Waals surface area contributed by atoms with Gasteiger partial charge < -0.3 is 58.3 Å². The van der Waals surface area contributed by atoms with Crippen LogP contribution in [-0.2, 0) is 122 Å². The Morgan fingerprint density at radius 1 is 0.451 bits per heavy atom. The Morgan fingerprint density at radius 2 is 0.805 bits per heavy atom. The second-order valence-electron chi connectivity index (χ2n) is 28.7. The van der Waals surface area contributed by atoms with Gasteiger partial charge >= 0.3 is 70.2 Å². The van der Waals surface area contributed by atoms with Crippen molar-refractivity contribution in [2.45, 2.75) is 128 Å². The molecule has 4 heterocycles. The second-order valence-corrected chi connectivity index (χ2v) is 34.6. The molecule has 0 aromatic heterocycles. The average Bonchev–Trinajstić information content (AvgIpc) is 1.58. The third kappa shape index (κ3) is 17.2. The molecule has 12 aliphatic rings. The van der Waals surface area contributed by atoms with Gasteiger partial charge in [-0.15, -0.1) is 11.6 Å². The summed E-state index contributed by atoms with van der Waals surface area (Å²) in [4.78, 5) is 124. The van der Waals surface area contributed by atoms with Gasteiger partial charge in [0.2, 0.25) is 0 Å². The number of hydrogen-bond acceptors (Lipinski definition) is 27. The summed E-state index contributed by atoms with van der Waals surface area (Å²) in [7, 11) is -0.494. The maximum absolute atomic E-state index is 13.1. The monoisotopic (exact) mass is 1660 g/mol. The molecule has 35 heteroatoms. The van der Waals surface area contributed by atoms with Crippen molar-refractivity contribution in [2.75, 3.05) is 12.5 Å². The van der Waals surface area contributed by atoms with Gasteiger partial charge in [0.05, 0.1) is 57.3 Å². The number of halogens is 5. The Kier molecular flexibility index (Phi) is 24.8. The van der Waals surface area contributed by atoms with Crippen LogP contribution in [0.2, 0.25) is 0 Å². The molecule has 18 rings (SSSR count). The summed E-state index contributed by atoms with van der Waals surface area (Å²) in [6.45, 7) is -1.05. The fourth-order valence-electron chi connectivity index (χ4n) is 18.2. The van der Waals surface area contributed by atoms with Gasteiger partial charge in [-0.05, 0) is 160 Å². The highest BCUT2D eigenvalue weighted by molar-refractivity contribution is 7.97. The number of esters is 9. The molecule has 0 spiro atoms. The molecule has 596 valence electrons. The molecule has 20 unspecified atom stereocenters. The van der Waals surface area contributed by atoms with Crippen LogP contribution in [0.5, 0.6) is 11.5 Å². The molecule has 12 fully saturated rings. The topological polar surface area (TPSA) is 357 Å². The van der Waals surface area contributed by atoms with Crippen molar-refractivity contribution in [2.24, 2.45) is 82.9 Å². The second kappa shape index (κ2) is 34.7. The van der Waals surface area contributed by atoms with E-state index in [0.717, 1.165) is 48.3 Å². The number of carbonyl (C=O) groups excluding carboxylic acids is 9. The largest absolute Gasteiger partial charge is 0.691 e. The molecule has 4 aliphatic heterocycles. The zero-order valence-electron chi connectivity index (χ0n) is 59.0. The van der Waals surface area contributed by atoms with Crippen molar-refractivity contribution in [3.8, 4) is 11.5 Å². The summed E-state index contributed by atoms with van der Waals surface area (Å²) < 4.78 is 103. The molecule has 8 aliphatic carbocycles. The molecule has 8 bridgehead atoms. The molecule has 113 heavy (non-hydrogen) atoms. The quantitative estimate of drug-likeness (QED) is 0.00717. The van der Waals surface area contributed by atoms with Crippen LogP contribution in [0, 0.1) is 82.9 Å². The van der Waals surface area contributed by atoms with E-state index in [-0.39, 0.29) is 165 Å². The fraction of sp³-hybridized carbons (Fsp3) is 0.410. The van der Waals surface area contributed by atoms with E-state index in [2.05, 4.69) is 121 Å². The van der Waals surface area contributed by atoms with Crippen molar-refractivity contribution >= 4 is 117 Å². The lowest BCUT2D eigenvalue weighted by molar-refractivity contribution is -0.777. The molecule has 1 N–H and O–H groups in total. The minimum absolute atomic E-state index is 0.00724. The molecule has 20 atom stereocenters. The summed E-state index contributed by atoms with van der Waals surface area (Å²) in [5, 5.41) is 22.9. The van der Waals surface area contributed by atoms with Gasteiger partial charge in [0.15, 0.2) is 36.0 Å². The molecule has 0 radical (unpaired) electrons. The first-order valence-corrected chi connectivity index (χ1v) is 40.4. The molecular formula is C78H69ClF4O26S4. The number of fused-ring (bicyclic) bond motifs is 4. The van der Waals surface area contributed by atoms with Crippen LogP contribution < -0.4 is 20.0 Å². The number of carbonyl (C=O) groups is 10. The molecule has 4 saturated heterocycles. The van der Waals surface area contributed by atoms with Crippen LogP contribution in [0.15, 0.2) is 199 Å². The Morgan fingerprint density at radius 3 is 1.17 bits per heavy atom. The van der Waals surface area contributed by atoms with Crippen LogP contribution in [0.1, 0.15) is 51.4 Å². The third-order valence-corrected chi connectivity index (χ3v) is 28.3. The molecule has 0 amide bonds. The number of aliphatic carboxylic acids is 1. The Labute approximate surface area is 660 Å². The number of hydrogen-bond donors (Lipinski definition) is 1. The SMILES string of the molecule is O=C(CCl)OC1C2CC3C(=O)OC1C3C2.O=C(COC(=O)C(F)(F)SOO[O-])OC1C2CC3C(=O)OC1C3C2.O=C(O)C(F)(F)SOO[O-].O=C(Oc1ccc([S+](c2ccccc2)c2ccccc2)cc1)C1C2CC3OC(=O)C1C3C2.O=C(Oc1ccc([S+](c2ccccc2)c2ccccc2)cc1)C1C2CC3OC(=O)C1C3C2. The van der Waals surface area contributed by atoms with E-state index in [1.807, 2.05) is 72.8 Å². The summed E-state index contributed by atoms with van der Waals surface area (Å²) in [5.74, 6) is -6.61. The Bertz CT molecular complexity index is 4220. The van der Waals surface area contributed by atoms with Crippen molar-refractivity contribution < 1.29 is 143 Å². The van der Waals surface area contributed by atoms with Gasteiger partial charge in [0.25, 0.3) is 0 Å². The summed E-state index contributed by atoms with van der Waals surface area (Å²) in [6, 6.07) is 57.3. The van der Waals surface area contributed by atoms with Gasteiger partial charge in [0, 0.05) is 35.5 Å². The highest BCUT2D eigenvalue weighted by Gasteiger charge is 2.68. The Balaban J connectivity index is 0.000000123. The third-order valence-electron chi connectivity index (χ3n) is 22.6. The predicted molar refractivity (Wildman–Crippen MR) is 378 cm³/mol. The number of rotatable bonds is 23. The van der Waals surface area contributed by atoms with E-state index in [1.165, 1.54) is 19.6 Å². The van der Waals surface area contributed by atoms with E-state index in [1.54, 1.807) is 0 Å². The maximum atomic E-state index is 13.1. The smallest absolute Gasteiger partial charge is 0.415 e. The van der Waals surface area contributed by atoms with Crippen molar-refractivity contribution in [1.82, 2.24) is 0 Å². The molecule has 6 aromatic rings. The van der Waals surface area contributed by atoms with Crippen LogP contribution >= 0.6 is 35.7 Å². The van der Waals surface area contributed by atoms with E-state index >= 15 is 0 Å². The number of carboxylic acid groups (broad SMARTS) is 1. The van der Waals surface area contributed by atoms with Gasteiger partial charge in [0.1, 0.15) is 78.1 Å². The average molecular weight is 1660 g/mol. The van der Waals surface area contributed by atoms with E-state index in [4.69, 9.17) is 59.9 Å². The van der Waals surface area contributed by atoms with E-state index < -0.39 is 77.3 Å². The number of alkyl halides is 5. The summed E-state index contributed by atoms with van der Waals surface area (Å²) in [5.41, 5.74) is 0. The predicted octanol–water partition coefficient (Wildman–Crippen LogP) is 9.51. The zero-order chi connectivity index (χ0) is 79.6. The van der Waals surface area contributed by atoms with Crippen molar-refractivity contribution in [3.63, 3.8) is 0 Å². The molecule has 8 saturated carbocycles. The normalized spacial score (nSPS) is 29.8. The van der Waals surface area contributed by atoms with Crippen LogP contribution in [-0.4, -0.2) is 124 Å². The van der Waals surface area contributed by atoms with Gasteiger partial charge in [-0.25, -0.2) is 14.4 Å². The number of carboxylic acids is 1. The van der Waals surface area contributed by atoms with Crippen LogP contribution in [0.25, 0.3) is 0 Å². The molecular weight excluding hydrogens is 1590 g/mol. The van der Waals surface area contributed by atoms with Gasteiger partial charge in [-0.1, -0.05) is 72.8 Å². The van der Waals surface area contributed by atoms with Crippen molar-refractivity contribution in [1.29, 1.82) is 0 Å². The first-order valence-electron chi connectivity index (χ1n) is 36.0. The molecule has 6 aromatic carbocycles. The highest BCUT2D eigenvalue weighted by atomic mass is 35.5. The van der Waals surface area contributed by atoms with Crippen LogP contribution in [0.4, 0.5) is 17.6 Å². The highest BCUT2D eigenvalue weighted by Crippen LogP contribution is 2.61. The number of benzene rings is 6. The van der Waals surface area contributed by atoms with Gasteiger partial charge in [-0.3, -0.25) is 43.6 Å². The number of ether oxygens (including phenoxy) is 9. The van der Waals surface area contributed by atoms with E-state index in [0.29, 0.717) is 30.3 Å². The lowest BCUT2D eigenvalue weighted by Gasteiger charge is -2.25. The van der Waals surface area contributed by atoms with Gasteiger partial charge in [-0.2, -0.15) is 26.2 Å². The van der Waals surface area contributed by atoms with E-state index in [9.17, 15) is 70.8 Å². The minimum Gasteiger partial charge on any atom is -0.691 e. The standard InChI is InChI=1S/2C27H23O4S.C12H12F2O9S.C10H11ClO4.C2H2F2O5S/c2*28-26(24-17-15-22-23(16-17)31-27(29)25(22)24)30-18-11-13-21(14-12-18)32(19-7-3-1-4-8-19)20-9-5-2-6-10-20;13-12(14,24-23-22-18)11(17)19-3-7(15)20-8-4-1-5-6(2-4)10(16)21-9(5)8;11-3-7(12)14-8-4-1-5-6(2-4)10(13)15-9(5)8;3-2(4,1(5)6)10-9-8-7/h2*1-14,17,22-25H,15-16H2;4-6,8-9,18H,1-3H2;4-6,8-9H,1-3H2;7H,(H,5,6)/q2*+1;;;/p-2. The molecule has 26 nitrogen and oxygen atoms in total. The fourth-order valence-corrected chi connectivity index (χ4v) is 22.9. The maximum Gasteiger partial charge on any atom is 0.415 e. The summed E-state index contributed by atoms with van der Waals surface area (Å²) >= 11 is 3.64. The summed E-state index contributed by atoms with van der Waals surface area (Å²) in [6.07, 6.45) is 4.80. The lowest BCUT2D eigenvalue weighted by Crippen LogP contribution is -2.37. The lowest BCUT2D eigenvalue weighted by atomic mass is 9.80. The first kappa shape index (κ1) is 80.8. The zero-order valence-corrected chi connectivity index (χ0v) is 63.0. The van der Waals surface area contributed by atoms with Crippen LogP contribution in [0.3, 0.4) is 0 Å².